The highest BCUT2D eigenvalue weighted by Gasteiger charge is 2.06. The van der Waals surface area contributed by atoms with Crippen LogP contribution < -0.4 is 10.4 Å². The van der Waals surface area contributed by atoms with Gasteiger partial charge in [0.05, 0.1) is 0 Å². The monoisotopic (exact) mass is 330 g/mol. The molecule has 0 amide bonds. The van der Waals surface area contributed by atoms with E-state index in [4.69, 9.17) is 4.84 Å². The first-order chi connectivity index (χ1) is 9.74. The van der Waals surface area contributed by atoms with Gasteiger partial charge in [0.1, 0.15) is 6.61 Å². The summed E-state index contributed by atoms with van der Waals surface area (Å²) in [6, 6.07) is 14.8. The number of rotatable bonds is 3. The van der Waals surface area contributed by atoms with Crippen LogP contribution in [-0.2, 0) is 6.61 Å². The summed E-state index contributed by atoms with van der Waals surface area (Å²) >= 11 is 3.36. The van der Waals surface area contributed by atoms with Crippen molar-refractivity contribution in [1.29, 1.82) is 0 Å². The molecule has 3 aromatic rings. The van der Waals surface area contributed by atoms with Crippen molar-refractivity contribution in [2.75, 3.05) is 0 Å². The van der Waals surface area contributed by atoms with Crippen molar-refractivity contribution < 1.29 is 4.84 Å². The molecule has 0 aliphatic carbocycles. The lowest BCUT2D eigenvalue weighted by Crippen LogP contribution is -2.26. The summed E-state index contributed by atoms with van der Waals surface area (Å²) in [5, 5.41) is 0.840. The van der Waals surface area contributed by atoms with Crippen LogP contribution in [0.5, 0.6) is 0 Å². The van der Waals surface area contributed by atoms with Crippen LogP contribution >= 0.6 is 15.9 Å². The zero-order chi connectivity index (χ0) is 13.9. The van der Waals surface area contributed by atoms with E-state index in [1.165, 1.54) is 10.8 Å². The van der Waals surface area contributed by atoms with Gasteiger partial charge in [0, 0.05) is 22.1 Å². The Morgan fingerprint density at radius 1 is 1.15 bits per heavy atom. The molecule has 0 saturated carbocycles. The van der Waals surface area contributed by atoms with Crippen LogP contribution in [0.15, 0.2) is 64.0 Å². The molecule has 3 rings (SSSR count). The van der Waals surface area contributed by atoms with Gasteiger partial charge < -0.3 is 4.84 Å². The van der Waals surface area contributed by atoms with Crippen LogP contribution in [0.1, 0.15) is 5.56 Å². The first-order valence-corrected chi connectivity index (χ1v) is 6.88. The van der Waals surface area contributed by atoms with Gasteiger partial charge in [-0.15, -0.1) is 4.73 Å². The average Bonchev–Trinajstić information content (AvgIpc) is 2.47. The Hall–Kier alpha value is -2.14. The minimum atomic E-state index is -0.233. The smallest absolute Gasteiger partial charge is 0.285 e. The minimum absolute atomic E-state index is 0.233. The van der Waals surface area contributed by atoms with Crippen LogP contribution in [-0.4, -0.2) is 9.71 Å². The maximum absolute atomic E-state index is 11.9. The van der Waals surface area contributed by atoms with E-state index < -0.39 is 0 Å². The van der Waals surface area contributed by atoms with Gasteiger partial charge in [0.15, 0.2) is 5.65 Å². The summed E-state index contributed by atoms with van der Waals surface area (Å²) in [7, 11) is 0. The van der Waals surface area contributed by atoms with Crippen LogP contribution in [0.2, 0.25) is 0 Å². The van der Waals surface area contributed by atoms with Crippen molar-refractivity contribution >= 4 is 27.0 Å². The number of pyridine rings is 2. The summed E-state index contributed by atoms with van der Waals surface area (Å²) in [5.74, 6) is 0. The zero-order valence-corrected chi connectivity index (χ0v) is 12.1. The molecule has 5 heteroatoms. The largest absolute Gasteiger partial charge is 0.404 e. The molecule has 2 aromatic heterocycles. The van der Waals surface area contributed by atoms with Crippen LogP contribution in [0, 0.1) is 0 Å². The van der Waals surface area contributed by atoms with E-state index in [0.29, 0.717) is 12.3 Å². The molecular weight excluding hydrogens is 320 g/mol. The average molecular weight is 331 g/mol. The fraction of sp³-hybridized carbons (Fsp3) is 0.0667. The molecule has 0 radical (unpaired) electrons. The van der Waals surface area contributed by atoms with Gasteiger partial charge in [-0.05, 0) is 33.6 Å². The maximum Gasteiger partial charge on any atom is 0.285 e. The van der Waals surface area contributed by atoms with Gasteiger partial charge in [-0.1, -0.05) is 30.3 Å². The Morgan fingerprint density at radius 3 is 2.75 bits per heavy atom. The molecule has 0 atom stereocenters. The van der Waals surface area contributed by atoms with Crippen molar-refractivity contribution in [1.82, 2.24) is 9.71 Å². The molecule has 4 nitrogen and oxygen atoms in total. The number of nitrogens with zero attached hydrogens (tertiary/aromatic N) is 2. The Labute approximate surface area is 123 Å². The maximum atomic E-state index is 11.9. The third-order valence-electron chi connectivity index (χ3n) is 2.86. The van der Waals surface area contributed by atoms with Gasteiger partial charge in [-0.3, -0.25) is 4.79 Å². The topological polar surface area (TPSA) is 44.1 Å². The zero-order valence-electron chi connectivity index (χ0n) is 10.5. The van der Waals surface area contributed by atoms with Gasteiger partial charge >= 0.3 is 0 Å². The van der Waals surface area contributed by atoms with E-state index in [1.54, 1.807) is 12.3 Å². The molecule has 0 fully saturated rings. The van der Waals surface area contributed by atoms with E-state index in [-0.39, 0.29) is 5.56 Å². The lowest BCUT2D eigenvalue weighted by atomic mass is 10.2. The highest BCUT2D eigenvalue weighted by atomic mass is 79.9. The molecule has 0 aliphatic rings. The number of halogens is 1. The van der Waals surface area contributed by atoms with Gasteiger partial charge in [-0.25, -0.2) is 4.98 Å². The van der Waals surface area contributed by atoms with Crippen molar-refractivity contribution in [2.45, 2.75) is 6.61 Å². The Kier molecular flexibility index (Phi) is 3.52. The summed E-state index contributed by atoms with van der Waals surface area (Å²) in [6.07, 6.45) is 1.64. The van der Waals surface area contributed by atoms with Gasteiger partial charge in [0.2, 0.25) is 0 Å². The van der Waals surface area contributed by atoms with E-state index in [2.05, 4.69) is 20.9 Å². The fourth-order valence-corrected chi connectivity index (χ4v) is 2.26. The van der Waals surface area contributed by atoms with E-state index in [0.717, 1.165) is 15.4 Å². The van der Waals surface area contributed by atoms with Crippen molar-refractivity contribution in [3.8, 4) is 0 Å². The number of benzene rings is 1. The van der Waals surface area contributed by atoms with E-state index in [1.807, 2.05) is 36.4 Å². The molecule has 0 spiro atoms. The van der Waals surface area contributed by atoms with Crippen LogP contribution in [0.4, 0.5) is 0 Å². The summed E-state index contributed by atoms with van der Waals surface area (Å²) in [5.41, 5.74) is 1.27. The SMILES string of the molecule is O=c1ccc2cc(Br)cnc2n1OCc1ccccc1. The first-order valence-electron chi connectivity index (χ1n) is 6.08. The summed E-state index contributed by atoms with van der Waals surface area (Å²) in [6.45, 7) is 0.317. The fourth-order valence-electron chi connectivity index (χ4n) is 1.91. The normalized spacial score (nSPS) is 10.7. The summed E-state index contributed by atoms with van der Waals surface area (Å²) < 4.78 is 2.09. The number of hydrogen-bond donors (Lipinski definition) is 0. The minimum Gasteiger partial charge on any atom is -0.404 e. The molecule has 2 heterocycles. The lowest BCUT2D eigenvalue weighted by Gasteiger charge is -2.10. The molecule has 0 aliphatic heterocycles. The Balaban J connectivity index is 1.98. The molecule has 0 N–H and O–H groups in total. The predicted molar refractivity (Wildman–Crippen MR) is 80.4 cm³/mol. The lowest BCUT2D eigenvalue weighted by molar-refractivity contribution is 0.0979. The third kappa shape index (κ3) is 2.58. The second kappa shape index (κ2) is 5.46. The Morgan fingerprint density at radius 2 is 1.95 bits per heavy atom. The first kappa shape index (κ1) is 12.9. The summed E-state index contributed by atoms with van der Waals surface area (Å²) in [4.78, 5) is 21.8. The van der Waals surface area contributed by atoms with Crippen LogP contribution in [0.3, 0.4) is 0 Å². The molecule has 0 bridgehead atoms. The van der Waals surface area contributed by atoms with E-state index in [9.17, 15) is 4.79 Å². The standard InChI is InChI=1S/C15H11BrN2O2/c16-13-8-12-6-7-14(19)18(15(12)17-9-13)20-10-11-4-2-1-3-5-11/h1-9H,10H2. The molecule has 1 aromatic carbocycles. The van der Waals surface area contributed by atoms with Crippen molar-refractivity contribution in [2.24, 2.45) is 0 Å². The molecule has 0 saturated heterocycles. The van der Waals surface area contributed by atoms with Crippen LogP contribution in [0.25, 0.3) is 11.0 Å². The van der Waals surface area contributed by atoms with Gasteiger partial charge in [-0.2, -0.15) is 0 Å². The highest BCUT2D eigenvalue weighted by Crippen LogP contribution is 2.15. The number of aromatic nitrogens is 2. The molecule has 100 valence electrons. The third-order valence-corrected chi connectivity index (χ3v) is 3.30. The van der Waals surface area contributed by atoms with E-state index >= 15 is 0 Å². The van der Waals surface area contributed by atoms with Crippen molar-refractivity contribution in [3.05, 3.63) is 75.1 Å². The van der Waals surface area contributed by atoms with Gasteiger partial charge in [0.25, 0.3) is 5.56 Å². The molecule has 20 heavy (non-hydrogen) atoms. The quantitative estimate of drug-likeness (QED) is 0.741. The predicted octanol–water partition coefficient (Wildman–Crippen LogP) is 2.79. The van der Waals surface area contributed by atoms with Crippen molar-refractivity contribution in [3.63, 3.8) is 0 Å². The second-order valence-electron chi connectivity index (χ2n) is 4.29. The number of fused-ring (bicyclic) bond motifs is 1. The molecule has 0 unspecified atom stereocenters. The second-order valence-corrected chi connectivity index (χ2v) is 5.21. The number of hydrogen-bond acceptors (Lipinski definition) is 3. The Bertz CT molecular complexity index is 800. The molecular formula is C15H11BrN2O2. The highest BCUT2D eigenvalue weighted by molar-refractivity contribution is 9.10.